The van der Waals surface area contributed by atoms with Crippen LogP contribution in [-0.2, 0) is 9.59 Å². The molecule has 1 N–H and O–H groups in total. The average Bonchev–Trinajstić information content (AvgIpc) is 2.63. The Hall–Kier alpha value is -1.66. The lowest BCUT2D eigenvalue weighted by molar-refractivity contribution is -0.144. The van der Waals surface area contributed by atoms with Crippen molar-refractivity contribution < 1.29 is 14.7 Å². The Balaban J connectivity index is 2.30. The van der Waals surface area contributed by atoms with Gasteiger partial charge in [0.05, 0.1) is 4.91 Å². The molecule has 0 bridgehead atoms. The molecule has 4 nitrogen and oxygen atoms in total. The Kier molecular flexibility index (Phi) is 4.25. The van der Waals surface area contributed by atoms with Gasteiger partial charge in [-0.15, -0.1) is 0 Å². The van der Waals surface area contributed by atoms with Crippen molar-refractivity contribution in [2.24, 2.45) is 0 Å². The first-order valence-electron chi connectivity index (χ1n) is 5.96. The second-order valence-electron chi connectivity index (χ2n) is 4.48. The maximum absolute atomic E-state index is 12.2. The summed E-state index contributed by atoms with van der Waals surface area (Å²) in [5.74, 6) is -1.42. The zero-order valence-corrected chi connectivity index (χ0v) is 12.6. The molecule has 0 spiro atoms. The van der Waals surface area contributed by atoms with Crippen LogP contribution in [0.5, 0.6) is 0 Å². The molecule has 1 atom stereocenters. The number of nitrogens with zero attached hydrogens (tertiary/aromatic N) is 1. The molecule has 1 aliphatic heterocycles. The van der Waals surface area contributed by atoms with E-state index in [2.05, 4.69) is 0 Å². The number of aryl methyl sites for hydroxylation is 1. The molecule has 0 radical (unpaired) electrons. The van der Waals surface area contributed by atoms with Crippen molar-refractivity contribution in [2.75, 3.05) is 0 Å². The quantitative estimate of drug-likeness (QED) is 0.687. The Bertz CT molecular complexity index is 625. The molecule has 0 unspecified atom stereocenters. The predicted molar refractivity (Wildman–Crippen MR) is 83.3 cm³/mol. The molecule has 1 aromatic rings. The molecule has 6 heteroatoms. The topological polar surface area (TPSA) is 57.6 Å². The van der Waals surface area contributed by atoms with E-state index in [0.29, 0.717) is 4.91 Å². The zero-order valence-electron chi connectivity index (χ0n) is 11.0. The number of hydrogen-bond donors (Lipinski definition) is 1. The van der Waals surface area contributed by atoms with Gasteiger partial charge in [0.1, 0.15) is 10.4 Å². The van der Waals surface area contributed by atoms with Gasteiger partial charge in [0.2, 0.25) is 0 Å². The number of amides is 1. The minimum absolute atomic E-state index is 0.281. The summed E-state index contributed by atoms with van der Waals surface area (Å²) in [6.45, 7) is 3.41. The van der Waals surface area contributed by atoms with Crippen LogP contribution < -0.4 is 0 Å². The molecule has 0 aromatic heterocycles. The Morgan fingerprint density at radius 2 is 2.20 bits per heavy atom. The van der Waals surface area contributed by atoms with Crippen LogP contribution in [0.3, 0.4) is 0 Å². The summed E-state index contributed by atoms with van der Waals surface area (Å²) in [5.41, 5.74) is 1.99. The molecule has 1 aliphatic rings. The first kappa shape index (κ1) is 14.7. The van der Waals surface area contributed by atoms with E-state index in [9.17, 15) is 9.59 Å². The van der Waals surface area contributed by atoms with Crippen molar-refractivity contribution in [3.05, 3.63) is 40.3 Å². The van der Waals surface area contributed by atoms with Crippen molar-refractivity contribution in [3.63, 3.8) is 0 Å². The minimum Gasteiger partial charge on any atom is -0.480 e. The molecular weight excluding hydrogens is 294 g/mol. The molecule has 20 heavy (non-hydrogen) atoms. The Morgan fingerprint density at radius 1 is 1.50 bits per heavy atom. The molecular formula is C14H13NO3S2. The smallest absolute Gasteiger partial charge is 0.326 e. The van der Waals surface area contributed by atoms with Crippen molar-refractivity contribution in [1.29, 1.82) is 0 Å². The Morgan fingerprint density at radius 3 is 2.80 bits per heavy atom. The third-order valence-corrected chi connectivity index (χ3v) is 4.24. The number of benzene rings is 1. The normalized spacial score (nSPS) is 18.7. The van der Waals surface area contributed by atoms with Crippen LogP contribution in [0.1, 0.15) is 18.1 Å². The van der Waals surface area contributed by atoms with Gasteiger partial charge in [0.25, 0.3) is 5.91 Å². The second kappa shape index (κ2) is 5.76. The fourth-order valence-corrected chi connectivity index (χ4v) is 3.25. The first-order chi connectivity index (χ1) is 9.40. The van der Waals surface area contributed by atoms with E-state index in [-0.39, 0.29) is 10.2 Å². The molecule has 2 rings (SSSR count). The number of rotatable bonds is 3. The van der Waals surface area contributed by atoms with Crippen molar-refractivity contribution >= 4 is 46.3 Å². The van der Waals surface area contributed by atoms with Crippen LogP contribution in [-0.4, -0.2) is 32.2 Å². The summed E-state index contributed by atoms with van der Waals surface area (Å²) >= 11 is 6.23. The maximum Gasteiger partial charge on any atom is 0.326 e. The SMILES string of the molecule is Cc1cccc(/C=C2/SC(=S)N([C@H](C)C(=O)O)C2=O)c1. The Labute approximate surface area is 126 Å². The first-order valence-corrected chi connectivity index (χ1v) is 7.19. The lowest BCUT2D eigenvalue weighted by Gasteiger charge is -2.18. The van der Waals surface area contributed by atoms with Crippen molar-refractivity contribution in [1.82, 2.24) is 4.90 Å². The van der Waals surface area contributed by atoms with Crippen molar-refractivity contribution in [2.45, 2.75) is 19.9 Å². The fraction of sp³-hybridized carbons (Fsp3) is 0.214. The predicted octanol–water partition coefficient (Wildman–Crippen LogP) is 2.67. The summed E-state index contributed by atoms with van der Waals surface area (Å²) in [6.07, 6.45) is 1.74. The molecule has 1 fully saturated rings. The molecule has 1 aromatic carbocycles. The lowest BCUT2D eigenvalue weighted by Crippen LogP contribution is -2.41. The van der Waals surface area contributed by atoms with Gasteiger partial charge in [-0.1, -0.05) is 53.8 Å². The molecule has 1 heterocycles. The highest BCUT2D eigenvalue weighted by atomic mass is 32.2. The van der Waals surface area contributed by atoms with Gasteiger partial charge in [-0.05, 0) is 25.5 Å². The van der Waals surface area contributed by atoms with Gasteiger partial charge < -0.3 is 5.11 Å². The number of carbonyl (C=O) groups is 2. The summed E-state index contributed by atoms with van der Waals surface area (Å²) in [6, 6.07) is 6.76. The van der Waals surface area contributed by atoms with E-state index in [0.717, 1.165) is 27.8 Å². The van der Waals surface area contributed by atoms with Crippen LogP contribution >= 0.6 is 24.0 Å². The van der Waals surface area contributed by atoms with Gasteiger partial charge in [0.15, 0.2) is 0 Å². The monoisotopic (exact) mass is 307 g/mol. The number of carbonyl (C=O) groups excluding carboxylic acids is 1. The highest BCUT2D eigenvalue weighted by Gasteiger charge is 2.38. The van der Waals surface area contributed by atoms with Crippen LogP contribution in [0.15, 0.2) is 29.2 Å². The molecule has 0 saturated carbocycles. The van der Waals surface area contributed by atoms with E-state index in [4.69, 9.17) is 17.3 Å². The highest BCUT2D eigenvalue weighted by molar-refractivity contribution is 8.26. The van der Waals surface area contributed by atoms with Crippen LogP contribution in [0, 0.1) is 6.92 Å². The van der Waals surface area contributed by atoms with Crippen LogP contribution in [0.25, 0.3) is 6.08 Å². The number of carboxylic acid groups (broad SMARTS) is 1. The lowest BCUT2D eigenvalue weighted by atomic mass is 10.1. The summed E-state index contributed by atoms with van der Waals surface area (Å²) in [4.78, 5) is 24.8. The number of thioether (sulfide) groups is 1. The number of carboxylic acids is 1. The molecule has 0 aliphatic carbocycles. The highest BCUT2D eigenvalue weighted by Crippen LogP contribution is 2.33. The summed E-state index contributed by atoms with van der Waals surface area (Å²) in [5, 5.41) is 9.01. The number of hydrogen-bond acceptors (Lipinski definition) is 4. The van der Waals surface area contributed by atoms with Gasteiger partial charge in [-0.3, -0.25) is 9.69 Å². The van der Waals surface area contributed by atoms with Gasteiger partial charge in [0, 0.05) is 0 Å². The van der Waals surface area contributed by atoms with Crippen LogP contribution in [0.2, 0.25) is 0 Å². The summed E-state index contributed by atoms with van der Waals surface area (Å²) in [7, 11) is 0. The van der Waals surface area contributed by atoms with Crippen molar-refractivity contribution in [3.8, 4) is 0 Å². The van der Waals surface area contributed by atoms with Gasteiger partial charge in [-0.25, -0.2) is 4.79 Å². The minimum atomic E-state index is -1.07. The number of thiocarbonyl (C=S) groups is 1. The van der Waals surface area contributed by atoms with E-state index < -0.39 is 12.0 Å². The standard InChI is InChI=1S/C14H13NO3S2/c1-8-4-3-5-10(6-8)7-11-12(16)15(14(19)20-11)9(2)13(17)18/h3-7,9H,1-2H3,(H,17,18)/b11-7+/t9-/m1/s1. The summed E-state index contributed by atoms with van der Waals surface area (Å²) < 4.78 is 0.281. The van der Waals surface area contributed by atoms with Gasteiger partial charge >= 0.3 is 5.97 Å². The fourth-order valence-electron chi connectivity index (χ4n) is 1.84. The van der Waals surface area contributed by atoms with E-state index in [1.54, 1.807) is 6.08 Å². The third-order valence-electron chi connectivity index (χ3n) is 2.91. The molecule has 1 saturated heterocycles. The van der Waals surface area contributed by atoms with Gasteiger partial charge in [-0.2, -0.15) is 0 Å². The molecule has 104 valence electrons. The van der Waals surface area contributed by atoms with E-state index in [1.165, 1.54) is 6.92 Å². The number of aliphatic carboxylic acids is 1. The maximum atomic E-state index is 12.2. The third kappa shape index (κ3) is 2.91. The van der Waals surface area contributed by atoms with E-state index >= 15 is 0 Å². The zero-order chi connectivity index (χ0) is 14.9. The largest absolute Gasteiger partial charge is 0.480 e. The second-order valence-corrected chi connectivity index (χ2v) is 6.16. The molecule has 1 amide bonds. The average molecular weight is 307 g/mol. The van der Waals surface area contributed by atoms with Crippen LogP contribution in [0.4, 0.5) is 0 Å². The van der Waals surface area contributed by atoms with E-state index in [1.807, 2.05) is 31.2 Å².